The van der Waals surface area contributed by atoms with Crippen LogP contribution >= 0.6 is 0 Å². The summed E-state index contributed by atoms with van der Waals surface area (Å²) in [6, 6.07) is 1.66. The van der Waals surface area contributed by atoms with Crippen LogP contribution in [0.15, 0.2) is 17.1 Å². The Bertz CT molecular complexity index is 1130. The third-order valence-corrected chi connectivity index (χ3v) is 6.84. The molecule has 11 heteroatoms. The SMILES string of the molecule is CCOC(=O)c1c(O)c2cc(B3OC(C)(C)C(C)(C)O3)cnc2n(CCN2CCOCC2)c1=O. The highest BCUT2D eigenvalue weighted by molar-refractivity contribution is 6.62. The van der Waals surface area contributed by atoms with Crippen LogP contribution in [-0.2, 0) is 25.3 Å². The minimum atomic E-state index is -0.868. The summed E-state index contributed by atoms with van der Waals surface area (Å²) in [6.45, 7) is 13.2. The van der Waals surface area contributed by atoms with Crippen LogP contribution in [0.4, 0.5) is 0 Å². The van der Waals surface area contributed by atoms with Crippen molar-refractivity contribution in [2.24, 2.45) is 0 Å². The molecule has 0 radical (unpaired) electrons. The van der Waals surface area contributed by atoms with Gasteiger partial charge in [-0.05, 0) is 40.7 Å². The van der Waals surface area contributed by atoms with Crippen molar-refractivity contribution in [2.45, 2.75) is 52.4 Å². The summed E-state index contributed by atoms with van der Waals surface area (Å²) in [5.74, 6) is -1.32. The van der Waals surface area contributed by atoms with Crippen molar-refractivity contribution in [1.29, 1.82) is 0 Å². The van der Waals surface area contributed by atoms with E-state index in [4.69, 9.17) is 18.8 Å². The number of aromatic nitrogens is 2. The van der Waals surface area contributed by atoms with Crippen molar-refractivity contribution < 1.29 is 28.7 Å². The molecule has 0 aliphatic carbocycles. The number of ether oxygens (including phenoxy) is 2. The van der Waals surface area contributed by atoms with Gasteiger partial charge < -0.3 is 23.9 Å². The van der Waals surface area contributed by atoms with E-state index in [-0.39, 0.29) is 17.6 Å². The third kappa shape index (κ3) is 4.45. The molecule has 0 atom stereocenters. The van der Waals surface area contributed by atoms with Gasteiger partial charge in [0.05, 0.1) is 36.4 Å². The van der Waals surface area contributed by atoms with Crippen molar-refractivity contribution in [3.05, 3.63) is 28.2 Å². The number of nitrogens with zero attached hydrogens (tertiary/aromatic N) is 3. The van der Waals surface area contributed by atoms with Gasteiger partial charge in [-0.1, -0.05) is 0 Å². The summed E-state index contributed by atoms with van der Waals surface area (Å²) in [5.41, 5.74) is -1.28. The minimum absolute atomic E-state index is 0.0791. The van der Waals surface area contributed by atoms with E-state index in [1.807, 2.05) is 27.7 Å². The number of rotatable bonds is 6. The number of carbonyl (C=O) groups excluding carboxylic acids is 1. The van der Waals surface area contributed by atoms with Gasteiger partial charge in [-0.3, -0.25) is 14.3 Å². The summed E-state index contributed by atoms with van der Waals surface area (Å²) in [7, 11) is -0.707. The van der Waals surface area contributed by atoms with Crippen LogP contribution in [0.25, 0.3) is 11.0 Å². The zero-order valence-electron chi connectivity index (χ0n) is 20.4. The minimum Gasteiger partial charge on any atom is -0.506 e. The molecule has 0 spiro atoms. The van der Waals surface area contributed by atoms with Gasteiger partial charge >= 0.3 is 13.1 Å². The zero-order chi connectivity index (χ0) is 24.7. The normalized spacial score (nSPS) is 20.1. The van der Waals surface area contributed by atoms with E-state index in [0.29, 0.717) is 31.8 Å². The lowest BCUT2D eigenvalue weighted by molar-refractivity contribution is 0.00578. The molecule has 0 saturated carbocycles. The number of morpholine rings is 1. The first kappa shape index (κ1) is 24.7. The molecule has 2 aliphatic heterocycles. The number of carbonyl (C=O) groups is 1. The number of pyridine rings is 2. The molecule has 0 amide bonds. The maximum Gasteiger partial charge on any atom is 0.496 e. The molecule has 4 heterocycles. The van der Waals surface area contributed by atoms with Crippen LogP contribution in [0.5, 0.6) is 5.75 Å². The second-order valence-corrected chi connectivity index (χ2v) is 9.58. The van der Waals surface area contributed by atoms with E-state index >= 15 is 0 Å². The van der Waals surface area contributed by atoms with Gasteiger partial charge in [-0.2, -0.15) is 0 Å². The van der Waals surface area contributed by atoms with Crippen LogP contribution < -0.4 is 11.0 Å². The van der Waals surface area contributed by atoms with E-state index < -0.39 is 41.2 Å². The molecule has 0 bridgehead atoms. The maximum atomic E-state index is 13.3. The standard InChI is InChI=1S/C23H32BN3O7/c1-6-32-21(30)17-18(28)16-13-15(24-33-22(2,3)23(4,5)34-24)14-25-19(16)27(20(17)29)8-7-26-9-11-31-12-10-26/h13-14,28H,6-12H2,1-5H3. The highest BCUT2D eigenvalue weighted by Gasteiger charge is 2.52. The van der Waals surface area contributed by atoms with Gasteiger partial charge in [-0.15, -0.1) is 0 Å². The Morgan fingerprint density at radius 3 is 2.44 bits per heavy atom. The average molecular weight is 473 g/mol. The van der Waals surface area contributed by atoms with Gasteiger partial charge in [-0.25, -0.2) is 9.78 Å². The van der Waals surface area contributed by atoms with E-state index in [9.17, 15) is 14.7 Å². The first-order chi connectivity index (χ1) is 16.1. The van der Waals surface area contributed by atoms with Gasteiger partial charge in [0, 0.05) is 37.8 Å². The van der Waals surface area contributed by atoms with E-state index in [0.717, 1.165) is 13.1 Å². The molecule has 10 nitrogen and oxygen atoms in total. The number of fused-ring (bicyclic) bond motifs is 1. The number of hydrogen-bond acceptors (Lipinski definition) is 9. The monoisotopic (exact) mass is 473 g/mol. The summed E-state index contributed by atoms with van der Waals surface area (Å²) >= 11 is 0. The molecule has 2 aromatic heterocycles. The molecule has 2 saturated heterocycles. The van der Waals surface area contributed by atoms with Crippen molar-refractivity contribution in [1.82, 2.24) is 14.5 Å². The van der Waals surface area contributed by atoms with Crippen LogP contribution in [0.1, 0.15) is 45.0 Å². The second kappa shape index (κ2) is 9.29. The molecule has 34 heavy (non-hydrogen) atoms. The van der Waals surface area contributed by atoms with Crippen molar-refractivity contribution in [3.8, 4) is 5.75 Å². The topological polar surface area (TPSA) is 112 Å². The fraction of sp³-hybridized carbons (Fsp3) is 0.609. The number of aromatic hydroxyl groups is 1. The van der Waals surface area contributed by atoms with Crippen LogP contribution in [0, 0.1) is 0 Å². The van der Waals surface area contributed by atoms with E-state index in [1.54, 1.807) is 19.2 Å². The van der Waals surface area contributed by atoms with Crippen LogP contribution in [0.2, 0.25) is 0 Å². The van der Waals surface area contributed by atoms with Crippen molar-refractivity contribution in [3.63, 3.8) is 0 Å². The van der Waals surface area contributed by atoms with Crippen molar-refractivity contribution in [2.75, 3.05) is 39.5 Å². The highest BCUT2D eigenvalue weighted by Crippen LogP contribution is 2.37. The molecule has 184 valence electrons. The Morgan fingerprint density at radius 1 is 1.18 bits per heavy atom. The van der Waals surface area contributed by atoms with Gasteiger partial charge in [0.1, 0.15) is 11.4 Å². The van der Waals surface area contributed by atoms with Crippen LogP contribution in [0.3, 0.4) is 0 Å². The lowest BCUT2D eigenvalue weighted by Gasteiger charge is -2.32. The first-order valence-electron chi connectivity index (χ1n) is 11.6. The van der Waals surface area contributed by atoms with Crippen LogP contribution in [-0.4, -0.2) is 83.3 Å². The molecule has 0 unspecified atom stereocenters. The molecule has 4 rings (SSSR count). The Morgan fingerprint density at radius 2 is 1.82 bits per heavy atom. The summed E-state index contributed by atoms with van der Waals surface area (Å²) in [6.07, 6.45) is 1.58. The Hall–Kier alpha value is -2.47. The first-order valence-corrected chi connectivity index (χ1v) is 11.6. The summed E-state index contributed by atoms with van der Waals surface area (Å²) < 4.78 is 24.1. The predicted molar refractivity (Wildman–Crippen MR) is 127 cm³/mol. The molecular formula is C23H32BN3O7. The number of hydrogen-bond donors (Lipinski definition) is 1. The highest BCUT2D eigenvalue weighted by atomic mass is 16.7. The van der Waals surface area contributed by atoms with E-state index in [1.165, 1.54) is 4.57 Å². The molecule has 1 N–H and O–H groups in total. The number of esters is 1. The zero-order valence-corrected chi connectivity index (χ0v) is 20.4. The lowest BCUT2D eigenvalue weighted by atomic mass is 9.80. The molecule has 2 fully saturated rings. The quantitative estimate of drug-likeness (QED) is 0.483. The molecular weight excluding hydrogens is 441 g/mol. The predicted octanol–water partition coefficient (Wildman–Crippen LogP) is 0.910. The Balaban J connectivity index is 1.78. The summed E-state index contributed by atoms with van der Waals surface area (Å²) in [4.78, 5) is 32.6. The van der Waals surface area contributed by atoms with Gasteiger partial charge in [0.15, 0.2) is 5.56 Å². The fourth-order valence-corrected chi connectivity index (χ4v) is 4.10. The van der Waals surface area contributed by atoms with Gasteiger partial charge in [0.2, 0.25) is 0 Å². The second-order valence-electron chi connectivity index (χ2n) is 9.58. The Kier molecular flexibility index (Phi) is 6.74. The summed E-state index contributed by atoms with van der Waals surface area (Å²) in [5, 5.41) is 11.2. The fourth-order valence-electron chi connectivity index (χ4n) is 4.10. The van der Waals surface area contributed by atoms with Gasteiger partial charge in [0.25, 0.3) is 5.56 Å². The average Bonchev–Trinajstić information content (AvgIpc) is 3.01. The third-order valence-electron chi connectivity index (χ3n) is 6.84. The van der Waals surface area contributed by atoms with E-state index in [2.05, 4.69) is 9.88 Å². The van der Waals surface area contributed by atoms with Crippen molar-refractivity contribution >= 4 is 29.6 Å². The Labute approximate surface area is 198 Å². The lowest BCUT2D eigenvalue weighted by Crippen LogP contribution is -2.41. The molecule has 2 aliphatic rings. The largest absolute Gasteiger partial charge is 0.506 e. The molecule has 0 aromatic carbocycles. The smallest absolute Gasteiger partial charge is 0.496 e. The molecule has 2 aromatic rings. The maximum absolute atomic E-state index is 13.3.